The van der Waals surface area contributed by atoms with Gasteiger partial charge in [-0.25, -0.2) is 4.79 Å². The maximum absolute atomic E-state index is 11.9. The van der Waals surface area contributed by atoms with E-state index in [0.717, 1.165) is 29.3 Å². The zero-order valence-corrected chi connectivity index (χ0v) is 12.3. The van der Waals surface area contributed by atoms with Crippen molar-refractivity contribution in [2.75, 3.05) is 6.61 Å². The van der Waals surface area contributed by atoms with Crippen LogP contribution in [-0.2, 0) is 16.6 Å². The molecule has 0 saturated heterocycles. The van der Waals surface area contributed by atoms with Gasteiger partial charge in [-0.05, 0) is 18.6 Å². The number of nitrogens with zero attached hydrogens (tertiary/aromatic N) is 2. The largest absolute Gasteiger partial charge is 0.462 e. The monoisotopic (exact) mass is 282 g/mol. The number of rotatable bonds is 5. The first-order valence-electron chi connectivity index (χ1n) is 7.00. The van der Waals surface area contributed by atoms with E-state index in [4.69, 9.17) is 10.00 Å². The van der Waals surface area contributed by atoms with Crippen molar-refractivity contribution in [1.82, 2.24) is 4.57 Å². The maximum atomic E-state index is 11.9. The molecule has 4 nitrogen and oxygen atoms in total. The van der Waals surface area contributed by atoms with Crippen molar-refractivity contribution in [3.8, 4) is 6.07 Å². The van der Waals surface area contributed by atoms with Crippen LogP contribution in [0.25, 0.3) is 17.0 Å². The van der Waals surface area contributed by atoms with Crippen LogP contribution in [0.5, 0.6) is 0 Å². The van der Waals surface area contributed by atoms with Gasteiger partial charge in [0.15, 0.2) is 0 Å². The summed E-state index contributed by atoms with van der Waals surface area (Å²) in [6, 6.07) is 9.79. The minimum absolute atomic E-state index is 0.0301. The molecule has 0 aliphatic carbocycles. The summed E-state index contributed by atoms with van der Waals surface area (Å²) < 4.78 is 7.06. The molecule has 0 N–H and O–H groups in total. The second-order valence-electron chi connectivity index (χ2n) is 4.87. The third-order valence-electron chi connectivity index (χ3n) is 3.30. The minimum Gasteiger partial charge on any atom is -0.462 e. The summed E-state index contributed by atoms with van der Waals surface area (Å²) in [5.74, 6) is -0.557. The highest BCUT2D eigenvalue weighted by atomic mass is 16.5. The third kappa shape index (κ3) is 3.32. The van der Waals surface area contributed by atoms with Gasteiger partial charge in [0, 0.05) is 29.7 Å². The normalized spacial score (nSPS) is 11.4. The number of nitriles is 1. The van der Waals surface area contributed by atoms with Crippen LogP contribution in [-0.4, -0.2) is 17.1 Å². The highest BCUT2D eigenvalue weighted by molar-refractivity contribution is 6.01. The molecule has 1 aromatic carbocycles. The summed E-state index contributed by atoms with van der Waals surface area (Å²) >= 11 is 0. The quantitative estimate of drug-likeness (QED) is 0.365. The standard InChI is InChI=1S/C17H18N2O2/c1-3-4-9-21-17(20)13(11-18)10-14-12-19(2)16-8-6-5-7-15(14)16/h5-8,10,12H,3-4,9H2,1-2H3/b13-10-. The fraction of sp³-hybridized carbons (Fsp3) is 0.294. The summed E-state index contributed by atoms with van der Waals surface area (Å²) in [5.41, 5.74) is 1.93. The number of aryl methyl sites for hydroxylation is 1. The van der Waals surface area contributed by atoms with Crippen LogP contribution in [0.3, 0.4) is 0 Å². The Morgan fingerprint density at radius 3 is 2.90 bits per heavy atom. The Morgan fingerprint density at radius 2 is 2.19 bits per heavy atom. The van der Waals surface area contributed by atoms with Gasteiger partial charge in [0.2, 0.25) is 0 Å². The van der Waals surface area contributed by atoms with E-state index in [2.05, 4.69) is 0 Å². The van der Waals surface area contributed by atoms with Crippen LogP contribution >= 0.6 is 0 Å². The molecular weight excluding hydrogens is 264 g/mol. The molecule has 0 unspecified atom stereocenters. The zero-order chi connectivity index (χ0) is 15.2. The van der Waals surface area contributed by atoms with E-state index < -0.39 is 5.97 Å². The maximum Gasteiger partial charge on any atom is 0.348 e. The van der Waals surface area contributed by atoms with Crippen molar-refractivity contribution in [2.24, 2.45) is 7.05 Å². The molecule has 0 amide bonds. The number of carbonyl (C=O) groups excluding carboxylic acids is 1. The van der Waals surface area contributed by atoms with Crippen molar-refractivity contribution >= 4 is 22.9 Å². The summed E-state index contributed by atoms with van der Waals surface area (Å²) in [7, 11) is 1.94. The Morgan fingerprint density at radius 1 is 1.43 bits per heavy atom. The van der Waals surface area contributed by atoms with Crippen molar-refractivity contribution in [3.05, 3.63) is 41.6 Å². The summed E-state index contributed by atoms with van der Waals surface area (Å²) in [6.45, 7) is 2.37. The van der Waals surface area contributed by atoms with Crippen molar-refractivity contribution in [1.29, 1.82) is 5.26 Å². The van der Waals surface area contributed by atoms with Crippen molar-refractivity contribution in [2.45, 2.75) is 19.8 Å². The molecule has 0 aliphatic heterocycles. The van der Waals surface area contributed by atoms with Crippen molar-refractivity contribution < 1.29 is 9.53 Å². The molecule has 2 aromatic rings. The van der Waals surface area contributed by atoms with Crippen LogP contribution in [0.2, 0.25) is 0 Å². The summed E-state index contributed by atoms with van der Waals surface area (Å²) in [4.78, 5) is 11.9. The zero-order valence-electron chi connectivity index (χ0n) is 12.3. The van der Waals surface area contributed by atoms with E-state index in [1.165, 1.54) is 0 Å². The second-order valence-corrected chi connectivity index (χ2v) is 4.87. The lowest BCUT2D eigenvalue weighted by atomic mass is 10.1. The summed E-state index contributed by atoms with van der Waals surface area (Å²) in [6.07, 6.45) is 5.25. The van der Waals surface area contributed by atoms with E-state index in [1.807, 2.05) is 55.1 Å². The van der Waals surface area contributed by atoms with E-state index in [0.29, 0.717) is 6.61 Å². The molecule has 0 radical (unpaired) electrons. The average molecular weight is 282 g/mol. The Hall–Kier alpha value is -2.54. The number of carbonyl (C=O) groups is 1. The van der Waals surface area contributed by atoms with E-state index in [1.54, 1.807) is 6.08 Å². The SMILES string of the molecule is CCCCOC(=O)/C(C#N)=C\c1cn(C)c2ccccc12. The Labute approximate surface area is 124 Å². The second kappa shape index (κ2) is 6.76. The smallest absolute Gasteiger partial charge is 0.348 e. The molecule has 0 atom stereocenters. The molecule has 0 spiro atoms. The van der Waals surface area contributed by atoms with Gasteiger partial charge in [0.05, 0.1) is 6.61 Å². The van der Waals surface area contributed by atoms with Gasteiger partial charge < -0.3 is 9.30 Å². The topological polar surface area (TPSA) is 55.0 Å². The molecule has 108 valence electrons. The highest BCUT2D eigenvalue weighted by Crippen LogP contribution is 2.22. The van der Waals surface area contributed by atoms with Crippen molar-refractivity contribution in [3.63, 3.8) is 0 Å². The first-order chi connectivity index (χ1) is 10.2. The van der Waals surface area contributed by atoms with Gasteiger partial charge >= 0.3 is 5.97 Å². The molecule has 2 rings (SSSR count). The van der Waals surface area contributed by atoms with E-state index in [9.17, 15) is 4.79 Å². The number of hydrogen-bond donors (Lipinski definition) is 0. The van der Waals surface area contributed by atoms with Crippen LogP contribution in [0.1, 0.15) is 25.3 Å². The minimum atomic E-state index is -0.557. The molecule has 0 aliphatic rings. The van der Waals surface area contributed by atoms with Gasteiger partial charge in [-0.3, -0.25) is 0 Å². The molecule has 21 heavy (non-hydrogen) atoms. The molecule has 1 heterocycles. The van der Waals surface area contributed by atoms with E-state index >= 15 is 0 Å². The molecule has 1 aromatic heterocycles. The number of para-hydroxylation sites is 1. The fourth-order valence-electron chi connectivity index (χ4n) is 2.17. The fourth-order valence-corrected chi connectivity index (χ4v) is 2.17. The molecule has 0 fully saturated rings. The highest BCUT2D eigenvalue weighted by Gasteiger charge is 2.12. The third-order valence-corrected chi connectivity index (χ3v) is 3.30. The Bertz CT molecular complexity index is 720. The van der Waals surface area contributed by atoms with Gasteiger partial charge in [0.1, 0.15) is 11.6 Å². The number of benzene rings is 1. The lowest BCUT2D eigenvalue weighted by Crippen LogP contribution is -2.07. The average Bonchev–Trinajstić information content (AvgIpc) is 2.82. The van der Waals surface area contributed by atoms with Gasteiger partial charge in [-0.1, -0.05) is 31.5 Å². The van der Waals surface area contributed by atoms with Crippen LogP contribution in [0.15, 0.2) is 36.0 Å². The lowest BCUT2D eigenvalue weighted by molar-refractivity contribution is -0.138. The lowest BCUT2D eigenvalue weighted by Gasteiger charge is -2.02. The van der Waals surface area contributed by atoms with Gasteiger partial charge in [0.25, 0.3) is 0 Å². The number of ether oxygens (including phenoxy) is 1. The number of unbranched alkanes of at least 4 members (excludes halogenated alkanes) is 1. The first kappa shape index (κ1) is 14.9. The predicted molar refractivity (Wildman–Crippen MR) is 82.4 cm³/mol. The number of fused-ring (bicyclic) bond motifs is 1. The molecule has 0 saturated carbocycles. The number of esters is 1. The number of hydrogen-bond acceptors (Lipinski definition) is 3. The summed E-state index contributed by atoms with van der Waals surface area (Å²) in [5, 5.41) is 10.2. The molecular formula is C17H18N2O2. The van der Waals surface area contributed by atoms with Gasteiger partial charge in [-0.2, -0.15) is 5.26 Å². The molecule has 0 bridgehead atoms. The van der Waals surface area contributed by atoms with E-state index in [-0.39, 0.29) is 5.57 Å². The van der Waals surface area contributed by atoms with Crippen LogP contribution < -0.4 is 0 Å². The predicted octanol–water partition coefficient (Wildman–Crippen LogP) is 3.43. The Kier molecular flexibility index (Phi) is 4.78. The van der Waals surface area contributed by atoms with Crippen LogP contribution in [0, 0.1) is 11.3 Å². The van der Waals surface area contributed by atoms with Crippen LogP contribution in [0.4, 0.5) is 0 Å². The number of aromatic nitrogens is 1. The van der Waals surface area contributed by atoms with Gasteiger partial charge in [-0.15, -0.1) is 0 Å². The molecule has 4 heteroatoms. The first-order valence-corrected chi connectivity index (χ1v) is 7.00. The Balaban J connectivity index is 2.30.